The Balaban J connectivity index is 1.68. The molecule has 2 amide bonds. The standard InChI is InChI=1S/C22H33BN2O5/c1-19(2,3)28-18(27)24-22(8)13-17(26)25(14-22)16-11-9-15(10-12-16)23-29-20(4,5)21(6,7)30-23/h9-12H,13-14H2,1-8H3,(H,24,27). The summed E-state index contributed by atoms with van der Waals surface area (Å²) in [5.41, 5.74) is -0.420. The molecular weight excluding hydrogens is 383 g/mol. The Morgan fingerprint density at radius 2 is 1.60 bits per heavy atom. The van der Waals surface area contributed by atoms with Crippen molar-refractivity contribution in [3.8, 4) is 0 Å². The lowest BCUT2D eigenvalue weighted by atomic mass is 9.79. The molecule has 1 N–H and O–H groups in total. The zero-order chi connectivity index (χ0) is 22.5. The first-order chi connectivity index (χ1) is 13.6. The highest BCUT2D eigenvalue weighted by atomic mass is 16.7. The highest BCUT2D eigenvalue weighted by Gasteiger charge is 2.51. The van der Waals surface area contributed by atoms with Crippen LogP contribution in [0.1, 0.15) is 61.8 Å². The summed E-state index contributed by atoms with van der Waals surface area (Å²) in [7, 11) is -0.447. The van der Waals surface area contributed by atoms with E-state index in [2.05, 4.69) is 5.32 Å². The van der Waals surface area contributed by atoms with Gasteiger partial charge in [-0.15, -0.1) is 0 Å². The van der Waals surface area contributed by atoms with E-state index >= 15 is 0 Å². The lowest BCUT2D eigenvalue weighted by Crippen LogP contribution is -2.49. The Kier molecular flexibility index (Phi) is 5.48. The van der Waals surface area contributed by atoms with Gasteiger partial charge in [0.05, 0.1) is 23.2 Å². The van der Waals surface area contributed by atoms with Gasteiger partial charge in [-0.3, -0.25) is 4.79 Å². The maximum Gasteiger partial charge on any atom is 0.494 e. The van der Waals surface area contributed by atoms with Crippen molar-refractivity contribution in [1.29, 1.82) is 0 Å². The summed E-state index contributed by atoms with van der Waals surface area (Å²) in [6, 6.07) is 7.61. The number of carbonyl (C=O) groups is 2. The Bertz CT molecular complexity index is 815. The van der Waals surface area contributed by atoms with Crippen molar-refractivity contribution in [2.24, 2.45) is 0 Å². The number of rotatable bonds is 3. The SMILES string of the molecule is CC1(NC(=O)OC(C)(C)C)CC(=O)N(c2ccc(B3OC(C)(C)C(C)(C)O3)cc2)C1. The van der Waals surface area contributed by atoms with E-state index in [4.69, 9.17) is 14.0 Å². The fourth-order valence-electron chi connectivity index (χ4n) is 3.58. The molecule has 0 spiro atoms. The van der Waals surface area contributed by atoms with Gasteiger partial charge >= 0.3 is 13.2 Å². The van der Waals surface area contributed by atoms with E-state index in [-0.39, 0.29) is 12.3 Å². The van der Waals surface area contributed by atoms with E-state index in [0.717, 1.165) is 11.2 Å². The number of alkyl carbamates (subject to hydrolysis) is 1. The summed E-state index contributed by atoms with van der Waals surface area (Å²) >= 11 is 0. The summed E-state index contributed by atoms with van der Waals surface area (Å²) in [5.74, 6) is -0.0445. The maximum atomic E-state index is 12.7. The van der Waals surface area contributed by atoms with Gasteiger partial charge in [-0.2, -0.15) is 0 Å². The number of nitrogens with one attached hydrogen (secondary N) is 1. The van der Waals surface area contributed by atoms with Gasteiger partial charge in [0.15, 0.2) is 0 Å². The largest absolute Gasteiger partial charge is 0.494 e. The molecule has 2 heterocycles. The molecule has 1 aromatic carbocycles. The third-order valence-corrected chi connectivity index (χ3v) is 5.88. The zero-order valence-electron chi connectivity index (χ0n) is 19.3. The average Bonchev–Trinajstić information content (AvgIpc) is 2.97. The second-order valence-electron chi connectivity index (χ2n) is 10.5. The van der Waals surface area contributed by atoms with Gasteiger partial charge in [0.1, 0.15) is 5.60 Å². The molecule has 0 aliphatic carbocycles. The Morgan fingerprint density at radius 1 is 1.07 bits per heavy atom. The van der Waals surface area contributed by atoms with Gasteiger partial charge in [0, 0.05) is 12.2 Å². The third-order valence-electron chi connectivity index (χ3n) is 5.88. The highest BCUT2D eigenvalue weighted by molar-refractivity contribution is 6.62. The quantitative estimate of drug-likeness (QED) is 0.767. The molecule has 1 unspecified atom stereocenters. The normalized spacial score (nSPS) is 25.5. The lowest BCUT2D eigenvalue weighted by molar-refractivity contribution is -0.117. The van der Waals surface area contributed by atoms with Crippen LogP contribution in [-0.4, -0.2) is 48.0 Å². The van der Waals surface area contributed by atoms with Crippen molar-refractivity contribution >= 4 is 30.3 Å². The molecular formula is C22H33BN2O5. The van der Waals surface area contributed by atoms with Crippen molar-refractivity contribution in [2.75, 3.05) is 11.4 Å². The summed E-state index contributed by atoms with van der Waals surface area (Å²) in [4.78, 5) is 26.5. The number of hydrogen-bond acceptors (Lipinski definition) is 5. The molecule has 2 fully saturated rings. The van der Waals surface area contributed by atoms with E-state index < -0.39 is 35.6 Å². The van der Waals surface area contributed by atoms with E-state index in [1.165, 1.54) is 0 Å². The van der Waals surface area contributed by atoms with Crippen LogP contribution in [0.2, 0.25) is 0 Å². The zero-order valence-corrected chi connectivity index (χ0v) is 19.3. The molecule has 2 aliphatic heterocycles. The van der Waals surface area contributed by atoms with E-state index in [1.807, 2.05) is 79.7 Å². The van der Waals surface area contributed by atoms with Crippen molar-refractivity contribution in [1.82, 2.24) is 5.32 Å². The van der Waals surface area contributed by atoms with E-state index in [9.17, 15) is 9.59 Å². The van der Waals surface area contributed by atoms with Crippen LogP contribution in [-0.2, 0) is 18.8 Å². The van der Waals surface area contributed by atoms with Gasteiger partial charge in [-0.05, 0) is 73.0 Å². The summed E-state index contributed by atoms with van der Waals surface area (Å²) in [5, 5.41) is 2.85. The van der Waals surface area contributed by atoms with Crippen LogP contribution in [0.25, 0.3) is 0 Å². The van der Waals surface area contributed by atoms with Crippen LogP contribution in [0.5, 0.6) is 0 Å². The van der Waals surface area contributed by atoms with Gasteiger partial charge < -0.3 is 24.3 Å². The lowest BCUT2D eigenvalue weighted by Gasteiger charge is -2.32. The molecule has 0 radical (unpaired) electrons. The molecule has 3 rings (SSSR count). The smallest absolute Gasteiger partial charge is 0.444 e. The monoisotopic (exact) mass is 416 g/mol. The number of amides is 2. The van der Waals surface area contributed by atoms with Gasteiger partial charge in [-0.1, -0.05) is 12.1 Å². The molecule has 0 bridgehead atoms. The second-order valence-corrected chi connectivity index (χ2v) is 10.5. The minimum Gasteiger partial charge on any atom is -0.444 e. The van der Waals surface area contributed by atoms with Crippen molar-refractivity contribution in [3.63, 3.8) is 0 Å². The number of hydrogen-bond donors (Lipinski definition) is 1. The minimum absolute atomic E-state index is 0.0445. The van der Waals surface area contributed by atoms with Crippen LogP contribution < -0.4 is 15.7 Å². The molecule has 0 aromatic heterocycles. The fraction of sp³-hybridized carbons (Fsp3) is 0.636. The van der Waals surface area contributed by atoms with Gasteiger partial charge in [-0.25, -0.2) is 4.79 Å². The number of benzene rings is 1. The van der Waals surface area contributed by atoms with E-state index in [1.54, 1.807) is 4.90 Å². The molecule has 7 nitrogen and oxygen atoms in total. The van der Waals surface area contributed by atoms with Crippen LogP contribution in [0.3, 0.4) is 0 Å². The van der Waals surface area contributed by atoms with Crippen LogP contribution >= 0.6 is 0 Å². The number of anilines is 1. The topological polar surface area (TPSA) is 77.1 Å². The second kappa shape index (κ2) is 7.27. The Labute approximate surface area is 179 Å². The van der Waals surface area contributed by atoms with Gasteiger partial charge in [0.25, 0.3) is 0 Å². The average molecular weight is 416 g/mol. The molecule has 0 saturated carbocycles. The number of carbonyl (C=O) groups excluding carboxylic acids is 2. The maximum absolute atomic E-state index is 12.7. The van der Waals surface area contributed by atoms with Crippen LogP contribution in [0.4, 0.5) is 10.5 Å². The van der Waals surface area contributed by atoms with Crippen molar-refractivity contribution < 1.29 is 23.6 Å². The predicted octanol–water partition coefficient (Wildman–Crippen LogP) is 3.01. The minimum atomic E-state index is -0.691. The first-order valence-corrected chi connectivity index (χ1v) is 10.4. The molecule has 30 heavy (non-hydrogen) atoms. The molecule has 2 saturated heterocycles. The third kappa shape index (κ3) is 4.65. The number of nitrogens with zero attached hydrogens (tertiary/aromatic N) is 1. The molecule has 1 aromatic rings. The molecule has 164 valence electrons. The molecule has 8 heteroatoms. The Morgan fingerprint density at radius 3 is 2.10 bits per heavy atom. The molecule has 2 aliphatic rings. The van der Waals surface area contributed by atoms with E-state index in [0.29, 0.717) is 6.54 Å². The first kappa shape index (κ1) is 22.6. The molecule has 1 atom stereocenters. The fourth-order valence-corrected chi connectivity index (χ4v) is 3.58. The van der Waals surface area contributed by atoms with Crippen LogP contribution in [0, 0.1) is 0 Å². The van der Waals surface area contributed by atoms with Crippen LogP contribution in [0.15, 0.2) is 24.3 Å². The summed E-state index contributed by atoms with van der Waals surface area (Å²) < 4.78 is 17.5. The Hall–Kier alpha value is -2.06. The van der Waals surface area contributed by atoms with Gasteiger partial charge in [0.2, 0.25) is 5.91 Å². The highest BCUT2D eigenvalue weighted by Crippen LogP contribution is 2.36. The first-order valence-electron chi connectivity index (χ1n) is 10.4. The van der Waals surface area contributed by atoms with Crippen molar-refractivity contribution in [2.45, 2.75) is 84.2 Å². The van der Waals surface area contributed by atoms with Crippen molar-refractivity contribution in [3.05, 3.63) is 24.3 Å². The summed E-state index contributed by atoms with van der Waals surface area (Å²) in [6.07, 6.45) is -0.304. The predicted molar refractivity (Wildman–Crippen MR) is 117 cm³/mol. The summed E-state index contributed by atoms with van der Waals surface area (Å²) in [6.45, 7) is 15.7. The number of ether oxygens (including phenoxy) is 1.